The first-order valence-electron chi connectivity index (χ1n) is 7.72. The Kier molecular flexibility index (Phi) is 3.95. The molecule has 1 aromatic heterocycles. The standard InChI is InChI=1S/C17H22FN3/c1-12-8-9-15(10-16(12)18)21-11-13(2)19-17(21)20-14-6-4-3-5-7-14/h8-11,14H,3-7H2,1-2H3,(H,19,20). The van der Waals surface area contributed by atoms with Crippen molar-refractivity contribution in [1.82, 2.24) is 9.55 Å². The Morgan fingerprint density at radius 1 is 1.19 bits per heavy atom. The van der Waals surface area contributed by atoms with Gasteiger partial charge >= 0.3 is 0 Å². The molecule has 1 aromatic carbocycles. The lowest BCUT2D eigenvalue weighted by molar-refractivity contribution is 0.460. The fourth-order valence-corrected chi connectivity index (χ4v) is 2.96. The predicted octanol–water partition coefficient (Wildman–Crippen LogP) is 4.37. The molecule has 1 heterocycles. The van der Waals surface area contributed by atoms with Crippen molar-refractivity contribution in [1.29, 1.82) is 0 Å². The van der Waals surface area contributed by atoms with E-state index in [2.05, 4.69) is 10.3 Å². The van der Waals surface area contributed by atoms with Crippen LogP contribution in [0.5, 0.6) is 0 Å². The monoisotopic (exact) mass is 287 g/mol. The van der Waals surface area contributed by atoms with Gasteiger partial charge in [-0.25, -0.2) is 9.37 Å². The molecule has 21 heavy (non-hydrogen) atoms. The molecule has 0 radical (unpaired) electrons. The summed E-state index contributed by atoms with van der Waals surface area (Å²) >= 11 is 0. The van der Waals surface area contributed by atoms with E-state index in [-0.39, 0.29) is 5.82 Å². The third-order valence-corrected chi connectivity index (χ3v) is 4.20. The SMILES string of the molecule is Cc1cn(-c2ccc(C)c(F)c2)c(NC2CCCCC2)n1. The van der Waals surface area contributed by atoms with E-state index in [0.717, 1.165) is 17.3 Å². The largest absolute Gasteiger partial charge is 0.353 e. The van der Waals surface area contributed by atoms with Gasteiger partial charge in [-0.05, 0) is 44.4 Å². The van der Waals surface area contributed by atoms with Crippen LogP contribution in [0.15, 0.2) is 24.4 Å². The van der Waals surface area contributed by atoms with Gasteiger partial charge in [0.1, 0.15) is 5.82 Å². The van der Waals surface area contributed by atoms with Crippen molar-refractivity contribution in [3.05, 3.63) is 41.5 Å². The van der Waals surface area contributed by atoms with E-state index in [9.17, 15) is 4.39 Å². The summed E-state index contributed by atoms with van der Waals surface area (Å²) in [5, 5.41) is 3.53. The van der Waals surface area contributed by atoms with E-state index in [4.69, 9.17) is 0 Å². The third kappa shape index (κ3) is 3.09. The van der Waals surface area contributed by atoms with Gasteiger partial charge in [0.05, 0.1) is 11.4 Å². The molecule has 1 aliphatic rings. The zero-order valence-corrected chi connectivity index (χ0v) is 12.7. The van der Waals surface area contributed by atoms with Crippen molar-refractivity contribution < 1.29 is 4.39 Å². The number of hydrogen-bond donors (Lipinski definition) is 1. The van der Waals surface area contributed by atoms with Gasteiger partial charge < -0.3 is 5.32 Å². The van der Waals surface area contributed by atoms with Gasteiger partial charge in [0.15, 0.2) is 0 Å². The van der Waals surface area contributed by atoms with Gasteiger partial charge in [-0.15, -0.1) is 0 Å². The molecule has 1 saturated carbocycles. The third-order valence-electron chi connectivity index (χ3n) is 4.20. The molecule has 0 atom stereocenters. The molecular weight excluding hydrogens is 265 g/mol. The first kappa shape index (κ1) is 14.1. The number of nitrogens with zero attached hydrogens (tertiary/aromatic N) is 2. The molecule has 1 aliphatic carbocycles. The van der Waals surface area contributed by atoms with Crippen molar-refractivity contribution in [2.24, 2.45) is 0 Å². The topological polar surface area (TPSA) is 29.9 Å². The summed E-state index contributed by atoms with van der Waals surface area (Å²) in [6, 6.07) is 5.80. The van der Waals surface area contributed by atoms with E-state index < -0.39 is 0 Å². The molecule has 3 rings (SSSR count). The quantitative estimate of drug-likeness (QED) is 0.908. The lowest BCUT2D eigenvalue weighted by atomic mass is 9.96. The second-order valence-electron chi connectivity index (χ2n) is 5.99. The highest BCUT2D eigenvalue weighted by atomic mass is 19.1. The van der Waals surface area contributed by atoms with Crippen molar-refractivity contribution in [2.45, 2.75) is 52.0 Å². The number of anilines is 1. The fraction of sp³-hybridized carbons (Fsp3) is 0.471. The molecule has 0 amide bonds. The Bertz CT molecular complexity index is 627. The number of imidazole rings is 1. The van der Waals surface area contributed by atoms with E-state index in [1.54, 1.807) is 13.0 Å². The molecular formula is C17H22FN3. The highest BCUT2D eigenvalue weighted by Crippen LogP contribution is 2.24. The Labute approximate surface area is 125 Å². The number of benzene rings is 1. The molecule has 0 unspecified atom stereocenters. The van der Waals surface area contributed by atoms with Crippen LogP contribution in [0.1, 0.15) is 43.4 Å². The van der Waals surface area contributed by atoms with Crippen LogP contribution < -0.4 is 5.32 Å². The number of nitrogens with one attached hydrogen (secondary N) is 1. The van der Waals surface area contributed by atoms with Crippen LogP contribution in [-0.2, 0) is 0 Å². The summed E-state index contributed by atoms with van der Waals surface area (Å²) in [7, 11) is 0. The predicted molar refractivity (Wildman–Crippen MR) is 83.5 cm³/mol. The number of rotatable bonds is 3. The molecule has 112 valence electrons. The van der Waals surface area contributed by atoms with Crippen LogP contribution in [0.25, 0.3) is 5.69 Å². The van der Waals surface area contributed by atoms with Crippen molar-refractivity contribution in [3.63, 3.8) is 0 Å². The summed E-state index contributed by atoms with van der Waals surface area (Å²) in [5.74, 6) is 0.644. The lowest BCUT2D eigenvalue weighted by Gasteiger charge is -2.23. The Morgan fingerprint density at radius 3 is 2.67 bits per heavy atom. The van der Waals surface area contributed by atoms with Crippen LogP contribution in [0.3, 0.4) is 0 Å². The van der Waals surface area contributed by atoms with Crippen LogP contribution in [0.4, 0.5) is 10.3 Å². The summed E-state index contributed by atoms with van der Waals surface area (Å²) < 4.78 is 15.8. The number of aryl methyl sites for hydroxylation is 2. The molecule has 0 bridgehead atoms. The summed E-state index contributed by atoms with van der Waals surface area (Å²) in [6.07, 6.45) is 8.21. The van der Waals surface area contributed by atoms with Crippen molar-refractivity contribution >= 4 is 5.95 Å². The van der Waals surface area contributed by atoms with Gasteiger partial charge in [0.2, 0.25) is 5.95 Å². The molecule has 0 saturated heterocycles. The minimum Gasteiger partial charge on any atom is -0.353 e. The molecule has 3 nitrogen and oxygen atoms in total. The lowest BCUT2D eigenvalue weighted by Crippen LogP contribution is -2.24. The Balaban J connectivity index is 1.89. The maximum Gasteiger partial charge on any atom is 0.207 e. The van der Waals surface area contributed by atoms with E-state index in [1.165, 1.54) is 32.1 Å². The van der Waals surface area contributed by atoms with Crippen molar-refractivity contribution in [2.75, 3.05) is 5.32 Å². The molecule has 1 N–H and O–H groups in total. The highest BCUT2D eigenvalue weighted by Gasteiger charge is 2.16. The van der Waals surface area contributed by atoms with E-state index >= 15 is 0 Å². The molecule has 1 fully saturated rings. The van der Waals surface area contributed by atoms with Gasteiger partial charge in [0, 0.05) is 12.2 Å². The minimum absolute atomic E-state index is 0.178. The normalized spacial score (nSPS) is 16.1. The van der Waals surface area contributed by atoms with Gasteiger partial charge in [-0.3, -0.25) is 4.57 Å². The second-order valence-corrected chi connectivity index (χ2v) is 5.99. The molecule has 4 heteroatoms. The highest BCUT2D eigenvalue weighted by molar-refractivity contribution is 5.45. The Hall–Kier alpha value is -1.84. The van der Waals surface area contributed by atoms with Crippen LogP contribution in [-0.4, -0.2) is 15.6 Å². The van der Waals surface area contributed by atoms with Gasteiger partial charge in [0.25, 0.3) is 0 Å². The molecule has 0 spiro atoms. The summed E-state index contributed by atoms with van der Waals surface area (Å²) in [5.41, 5.74) is 2.42. The maximum absolute atomic E-state index is 13.8. The molecule has 0 aliphatic heterocycles. The minimum atomic E-state index is -0.178. The fourth-order valence-electron chi connectivity index (χ4n) is 2.96. The van der Waals surface area contributed by atoms with Gasteiger partial charge in [-0.1, -0.05) is 25.3 Å². The number of hydrogen-bond acceptors (Lipinski definition) is 2. The summed E-state index contributed by atoms with van der Waals surface area (Å²) in [6.45, 7) is 3.74. The first-order chi connectivity index (χ1) is 10.1. The van der Waals surface area contributed by atoms with Crippen molar-refractivity contribution in [3.8, 4) is 5.69 Å². The number of halogens is 1. The maximum atomic E-state index is 13.8. The molecule has 2 aromatic rings. The van der Waals surface area contributed by atoms with Crippen LogP contribution in [0, 0.1) is 19.7 Å². The van der Waals surface area contributed by atoms with E-state index in [1.807, 2.05) is 29.8 Å². The zero-order valence-electron chi connectivity index (χ0n) is 12.7. The average Bonchev–Trinajstić information content (AvgIpc) is 2.84. The summed E-state index contributed by atoms with van der Waals surface area (Å²) in [4.78, 5) is 4.56. The zero-order chi connectivity index (χ0) is 14.8. The number of aromatic nitrogens is 2. The van der Waals surface area contributed by atoms with Gasteiger partial charge in [-0.2, -0.15) is 0 Å². The first-order valence-corrected chi connectivity index (χ1v) is 7.72. The smallest absolute Gasteiger partial charge is 0.207 e. The Morgan fingerprint density at radius 2 is 1.95 bits per heavy atom. The van der Waals surface area contributed by atoms with Crippen LogP contribution >= 0.6 is 0 Å². The van der Waals surface area contributed by atoms with Crippen LogP contribution in [0.2, 0.25) is 0 Å². The van der Waals surface area contributed by atoms with E-state index in [0.29, 0.717) is 11.6 Å². The second kappa shape index (κ2) is 5.88. The average molecular weight is 287 g/mol.